The summed E-state index contributed by atoms with van der Waals surface area (Å²) in [5, 5.41) is 35.5. The van der Waals surface area contributed by atoms with Crippen LogP contribution in [0.3, 0.4) is 0 Å². The summed E-state index contributed by atoms with van der Waals surface area (Å²) >= 11 is 0. The minimum absolute atomic E-state index is 0.0748. The van der Waals surface area contributed by atoms with E-state index in [-0.39, 0.29) is 43.9 Å². The van der Waals surface area contributed by atoms with Crippen LogP contribution in [-0.4, -0.2) is 51.7 Å². The van der Waals surface area contributed by atoms with Crippen molar-refractivity contribution in [2.24, 2.45) is 5.92 Å². The average molecular weight is 595 g/mol. The number of hydrogen-bond donors (Lipinski definition) is 4. The Morgan fingerprint density at radius 1 is 0.953 bits per heavy atom. The van der Waals surface area contributed by atoms with Gasteiger partial charge >= 0.3 is 12.3 Å². The highest BCUT2D eigenvalue weighted by atomic mass is 19.4. The van der Waals surface area contributed by atoms with Crippen molar-refractivity contribution >= 4 is 29.3 Å². The van der Waals surface area contributed by atoms with Gasteiger partial charge in [-0.2, -0.15) is 18.4 Å². The zero-order chi connectivity index (χ0) is 31.4. The van der Waals surface area contributed by atoms with E-state index in [0.29, 0.717) is 17.3 Å². The number of amides is 3. The van der Waals surface area contributed by atoms with Crippen molar-refractivity contribution in [3.05, 3.63) is 83.4 Å². The SMILES string of the molecule is CC(=O)Nc1ccc(-c2cccc(CC(O)(C(=O)Nc3ccc(C#N)c(C(F)(F)F)c3)C3CCN(C(=O)O)CC3)c2)cc1. The van der Waals surface area contributed by atoms with Crippen LogP contribution in [0, 0.1) is 17.2 Å². The molecule has 4 rings (SSSR count). The van der Waals surface area contributed by atoms with E-state index >= 15 is 0 Å². The quantitative estimate of drug-likeness (QED) is 0.284. The van der Waals surface area contributed by atoms with Crippen molar-refractivity contribution in [1.29, 1.82) is 5.26 Å². The van der Waals surface area contributed by atoms with Crippen LogP contribution in [-0.2, 0) is 22.2 Å². The van der Waals surface area contributed by atoms with E-state index in [1.54, 1.807) is 42.5 Å². The van der Waals surface area contributed by atoms with Crippen LogP contribution in [0.2, 0.25) is 0 Å². The van der Waals surface area contributed by atoms with Crippen LogP contribution in [0.5, 0.6) is 0 Å². The van der Waals surface area contributed by atoms with Crippen LogP contribution in [0.4, 0.5) is 29.3 Å². The number of hydrogen-bond acceptors (Lipinski definition) is 5. The molecule has 1 atom stereocenters. The van der Waals surface area contributed by atoms with Gasteiger partial charge in [0.05, 0.1) is 17.2 Å². The first-order chi connectivity index (χ1) is 20.3. The van der Waals surface area contributed by atoms with Gasteiger partial charge in [-0.25, -0.2) is 4.79 Å². The molecule has 1 saturated heterocycles. The molecule has 0 aliphatic carbocycles. The van der Waals surface area contributed by atoms with Crippen molar-refractivity contribution in [1.82, 2.24) is 4.90 Å². The van der Waals surface area contributed by atoms with Gasteiger partial charge < -0.3 is 25.7 Å². The highest BCUT2D eigenvalue weighted by Gasteiger charge is 2.46. The third-order valence-electron chi connectivity index (χ3n) is 7.48. The Kier molecular flexibility index (Phi) is 9.06. The molecule has 1 fully saturated rings. The standard InChI is InChI=1S/C31H29F3N4O5/c1-19(39)36-25-8-5-21(6-9-25)22-4-2-3-20(15-22)17-30(43,24-11-13-38(14-12-24)29(41)42)28(40)37-26-10-7-23(18-35)27(16-26)31(32,33)34/h2-10,15-16,24,43H,11-14,17H2,1H3,(H,36,39)(H,37,40)(H,41,42). The summed E-state index contributed by atoms with van der Waals surface area (Å²) in [6, 6.07) is 18.4. The van der Waals surface area contributed by atoms with Gasteiger partial charge in [0, 0.05) is 43.7 Å². The molecular weight excluding hydrogens is 565 g/mol. The van der Waals surface area contributed by atoms with Gasteiger partial charge in [0.15, 0.2) is 0 Å². The molecule has 0 spiro atoms. The van der Waals surface area contributed by atoms with Crippen molar-refractivity contribution in [2.45, 2.75) is 38.0 Å². The number of likely N-dealkylation sites (tertiary alicyclic amines) is 1. The molecule has 1 aliphatic heterocycles. The molecule has 43 heavy (non-hydrogen) atoms. The Bertz CT molecular complexity index is 1560. The number of carboxylic acid groups (broad SMARTS) is 1. The Balaban J connectivity index is 1.65. The molecule has 4 N–H and O–H groups in total. The molecule has 0 saturated carbocycles. The maximum Gasteiger partial charge on any atom is 0.417 e. The predicted octanol–water partition coefficient (Wildman–Crippen LogP) is 5.50. The minimum atomic E-state index is -4.84. The zero-order valence-corrected chi connectivity index (χ0v) is 23.1. The molecule has 3 aromatic carbocycles. The van der Waals surface area contributed by atoms with E-state index in [1.165, 1.54) is 17.9 Å². The van der Waals surface area contributed by atoms with E-state index in [4.69, 9.17) is 5.26 Å². The van der Waals surface area contributed by atoms with Crippen LogP contribution < -0.4 is 10.6 Å². The molecule has 224 valence electrons. The Labute approximate surface area is 245 Å². The summed E-state index contributed by atoms with van der Waals surface area (Å²) in [6.45, 7) is 1.55. The Morgan fingerprint density at radius 3 is 2.19 bits per heavy atom. The van der Waals surface area contributed by atoms with Crippen molar-refractivity contribution in [3.8, 4) is 17.2 Å². The number of nitrogens with one attached hydrogen (secondary N) is 2. The lowest BCUT2D eigenvalue weighted by Crippen LogP contribution is -2.54. The van der Waals surface area contributed by atoms with Crippen LogP contribution in [0.25, 0.3) is 11.1 Å². The molecule has 0 aromatic heterocycles. The second-order valence-corrected chi connectivity index (χ2v) is 10.4. The van der Waals surface area contributed by atoms with Crippen molar-refractivity contribution in [3.63, 3.8) is 0 Å². The summed E-state index contributed by atoms with van der Waals surface area (Å²) in [5.74, 6) is -1.86. The summed E-state index contributed by atoms with van der Waals surface area (Å²) in [7, 11) is 0. The number of rotatable bonds is 7. The molecule has 0 radical (unpaired) electrons. The first-order valence-corrected chi connectivity index (χ1v) is 13.4. The first kappa shape index (κ1) is 31.1. The first-order valence-electron chi connectivity index (χ1n) is 13.4. The number of carbonyl (C=O) groups excluding carboxylic acids is 2. The number of halogens is 3. The van der Waals surface area contributed by atoms with Gasteiger partial charge in [-0.05, 0) is 59.9 Å². The van der Waals surface area contributed by atoms with Gasteiger partial charge in [-0.3, -0.25) is 9.59 Å². The fourth-order valence-electron chi connectivity index (χ4n) is 5.27. The molecule has 12 heteroatoms. The lowest BCUT2D eigenvalue weighted by molar-refractivity contribution is -0.142. The molecule has 3 amide bonds. The largest absolute Gasteiger partial charge is 0.465 e. The van der Waals surface area contributed by atoms with Gasteiger partial charge in [0.25, 0.3) is 5.91 Å². The summed E-state index contributed by atoms with van der Waals surface area (Å²) in [4.78, 5) is 37.6. The number of piperidine rings is 1. The van der Waals surface area contributed by atoms with Crippen molar-refractivity contribution < 1.29 is 37.8 Å². The molecule has 1 aliphatic rings. The smallest absolute Gasteiger partial charge is 0.417 e. The zero-order valence-electron chi connectivity index (χ0n) is 23.1. The number of alkyl halides is 3. The molecule has 1 heterocycles. The topological polar surface area (TPSA) is 143 Å². The van der Waals surface area contributed by atoms with Gasteiger partial charge in [0.1, 0.15) is 5.60 Å². The van der Waals surface area contributed by atoms with Crippen LogP contribution in [0.15, 0.2) is 66.7 Å². The van der Waals surface area contributed by atoms with Crippen LogP contribution >= 0.6 is 0 Å². The molecule has 0 bridgehead atoms. The fraction of sp³-hybridized carbons (Fsp3) is 0.290. The third kappa shape index (κ3) is 7.31. The van der Waals surface area contributed by atoms with E-state index in [0.717, 1.165) is 23.3 Å². The number of nitriles is 1. The van der Waals surface area contributed by atoms with Gasteiger partial charge in [-0.15, -0.1) is 0 Å². The number of nitrogens with zero attached hydrogens (tertiary/aromatic N) is 2. The summed E-state index contributed by atoms with van der Waals surface area (Å²) in [6.07, 6.45) is -5.85. The lowest BCUT2D eigenvalue weighted by atomic mass is 9.76. The van der Waals surface area contributed by atoms with Crippen molar-refractivity contribution in [2.75, 3.05) is 23.7 Å². The lowest BCUT2D eigenvalue weighted by Gasteiger charge is -2.40. The number of anilines is 2. The predicted molar refractivity (Wildman–Crippen MR) is 152 cm³/mol. The molecular formula is C31H29F3N4O5. The van der Waals surface area contributed by atoms with Gasteiger partial charge in [-0.1, -0.05) is 36.4 Å². The average Bonchev–Trinajstić information content (AvgIpc) is 2.97. The van der Waals surface area contributed by atoms with Gasteiger partial charge in [0.2, 0.25) is 5.91 Å². The number of aliphatic hydroxyl groups is 1. The van der Waals surface area contributed by atoms with E-state index in [2.05, 4.69) is 10.6 Å². The summed E-state index contributed by atoms with van der Waals surface area (Å²) in [5.41, 5.74) is -1.43. The summed E-state index contributed by atoms with van der Waals surface area (Å²) < 4.78 is 40.6. The fourth-order valence-corrected chi connectivity index (χ4v) is 5.27. The monoisotopic (exact) mass is 594 g/mol. The maximum absolute atomic E-state index is 13.7. The minimum Gasteiger partial charge on any atom is -0.465 e. The third-order valence-corrected chi connectivity index (χ3v) is 7.48. The normalized spacial score (nSPS) is 15.2. The maximum atomic E-state index is 13.7. The second kappa shape index (κ2) is 12.5. The number of benzene rings is 3. The Morgan fingerprint density at radius 2 is 1.60 bits per heavy atom. The molecule has 3 aromatic rings. The second-order valence-electron chi connectivity index (χ2n) is 10.4. The van der Waals surface area contributed by atoms with E-state index in [1.807, 2.05) is 6.07 Å². The van der Waals surface area contributed by atoms with E-state index < -0.39 is 40.8 Å². The Hall–Kier alpha value is -4.89. The van der Waals surface area contributed by atoms with Crippen LogP contribution in [0.1, 0.15) is 36.5 Å². The van der Waals surface area contributed by atoms with E-state index in [9.17, 15) is 37.8 Å². The highest BCUT2D eigenvalue weighted by molar-refractivity contribution is 5.98. The molecule has 9 nitrogen and oxygen atoms in total. The highest BCUT2D eigenvalue weighted by Crippen LogP contribution is 2.36. The number of carbonyl (C=O) groups is 3. The molecule has 1 unspecified atom stereocenters.